The number of oxime groups is 1. The third-order valence-electron chi connectivity index (χ3n) is 13.5. The number of allylic oxidation sites excluding steroid dienone is 1. The van der Waals surface area contributed by atoms with Crippen molar-refractivity contribution in [1.82, 2.24) is 20.2 Å². The monoisotopic (exact) mass is 1030 g/mol. The Labute approximate surface area is 423 Å². The average molecular weight is 1030 g/mol. The molecule has 2 bridgehead atoms. The number of amides is 3. The van der Waals surface area contributed by atoms with Crippen molar-refractivity contribution in [3.05, 3.63) is 40.7 Å². The fourth-order valence-corrected chi connectivity index (χ4v) is 10.2. The van der Waals surface area contributed by atoms with Crippen LogP contribution in [0.2, 0.25) is 0 Å². The second-order valence-corrected chi connectivity index (χ2v) is 20.7. The number of ether oxygens (including phenoxy) is 5. The van der Waals surface area contributed by atoms with Gasteiger partial charge in [-0.05, 0) is 98.0 Å². The molecule has 0 radical (unpaired) electrons. The number of anilines is 1. The van der Waals surface area contributed by atoms with Crippen LogP contribution >= 0.6 is 11.3 Å². The van der Waals surface area contributed by atoms with Gasteiger partial charge >= 0.3 is 5.97 Å². The smallest absolute Gasteiger partial charge is 0.351 e. The molecule has 23 heteroatoms. The first-order valence-electron chi connectivity index (χ1n) is 24.2. The van der Waals surface area contributed by atoms with E-state index in [0.29, 0.717) is 34.0 Å². The third-order valence-corrected chi connectivity index (χ3v) is 14.4. The highest BCUT2D eigenvalue weighted by molar-refractivity contribution is 7.13. The summed E-state index contributed by atoms with van der Waals surface area (Å²) in [7, 11) is 3.61. The number of hydrogen-bond acceptors (Lipinski definition) is 19. The van der Waals surface area contributed by atoms with Crippen molar-refractivity contribution in [2.24, 2.45) is 28.5 Å². The van der Waals surface area contributed by atoms with E-state index in [1.165, 1.54) is 25.2 Å². The van der Waals surface area contributed by atoms with E-state index in [1.54, 1.807) is 65.5 Å². The number of thiazole rings is 1. The Morgan fingerprint density at radius 3 is 2.44 bits per heavy atom. The summed E-state index contributed by atoms with van der Waals surface area (Å²) in [5.74, 6) is -6.03. The largest absolute Gasteiger partial charge is 0.457 e. The van der Waals surface area contributed by atoms with Gasteiger partial charge in [-0.2, -0.15) is 0 Å². The molecule has 0 aliphatic carbocycles. The molecule has 72 heavy (non-hydrogen) atoms. The van der Waals surface area contributed by atoms with Crippen LogP contribution in [0.1, 0.15) is 107 Å². The summed E-state index contributed by atoms with van der Waals surface area (Å²) in [6, 6.07) is 2.07. The maximum atomic E-state index is 17.0. The number of nitrogens with two attached hydrogens (primary N) is 2. The number of Topliss-reactive ketones (excluding diaryl/α,β-unsaturated/α-hetero) is 1. The predicted octanol–water partition coefficient (Wildman–Crippen LogP) is 3.44. The molecule has 0 aromatic carbocycles. The number of primary amides is 1. The Morgan fingerprint density at radius 1 is 1.11 bits per heavy atom. The molecule has 2 aromatic heterocycles. The Morgan fingerprint density at radius 2 is 1.82 bits per heavy atom. The number of likely N-dealkylation sites (N-methyl/N-ethyl adjacent to an activating group) is 1. The summed E-state index contributed by atoms with van der Waals surface area (Å²) in [5, 5.41) is 36.5. The fraction of sp³-hybridized carbons (Fsp3) is 0.673. The van der Waals surface area contributed by atoms with Crippen LogP contribution in [-0.4, -0.2) is 153 Å². The number of pyridine rings is 1. The zero-order valence-electron chi connectivity index (χ0n) is 43.1. The number of halogens is 1. The third kappa shape index (κ3) is 13.8. The second kappa shape index (κ2) is 24.5. The number of cyclic esters (lactones) is 1. The molecule has 3 amide bonds. The van der Waals surface area contributed by atoms with Gasteiger partial charge in [-0.25, -0.2) is 14.2 Å². The number of esters is 1. The predicted molar refractivity (Wildman–Crippen MR) is 263 cm³/mol. The summed E-state index contributed by atoms with van der Waals surface area (Å²) in [6.45, 7) is 13.0. The van der Waals surface area contributed by atoms with Crippen molar-refractivity contribution >= 4 is 52.3 Å². The van der Waals surface area contributed by atoms with E-state index >= 15 is 4.39 Å². The minimum Gasteiger partial charge on any atom is -0.457 e. The zero-order valence-corrected chi connectivity index (χ0v) is 43.9. The highest BCUT2D eigenvalue weighted by atomic mass is 32.1. The first-order valence-corrected chi connectivity index (χ1v) is 25.1. The molecule has 5 heterocycles. The minimum absolute atomic E-state index is 0.0250. The molecule has 3 aliphatic heterocycles. The molecule has 21 nitrogen and oxygen atoms in total. The summed E-state index contributed by atoms with van der Waals surface area (Å²) in [5.41, 5.74) is 6.01. The van der Waals surface area contributed by atoms with Gasteiger partial charge in [-0.15, -0.1) is 11.3 Å². The van der Waals surface area contributed by atoms with E-state index in [9.17, 15) is 34.2 Å². The van der Waals surface area contributed by atoms with E-state index in [0.717, 1.165) is 6.92 Å². The van der Waals surface area contributed by atoms with E-state index in [1.807, 2.05) is 18.7 Å². The molecule has 13 atom stereocenters. The minimum atomic E-state index is -3.26. The molecular weight excluding hydrogens is 960 g/mol. The van der Waals surface area contributed by atoms with Gasteiger partial charge in [0.2, 0.25) is 17.7 Å². The molecule has 8 N–H and O–H groups in total. The molecule has 2 aromatic rings. The lowest BCUT2D eigenvalue weighted by molar-refractivity contribution is -0.296. The Hall–Kier alpha value is -4.85. The second-order valence-electron chi connectivity index (χ2n) is 19.8. The lowest BCUT2D eigenvalue weighted by Gasteiger charge is -2.47. The maximum absolute atomic E-state index is 17.0. The fourth-order valence-electron chi connectivity index (χ4n) is 9.43. The molecule has 0 spiro atoms. The van der Waals surface area contributed by atoms with Crippen LogP contribution in [0, 0.1) is 11.8 Å². The normalized spacial score (nSPS) is 34.1. The van der Waals surface area contributed by atoms with Crippen molar-refractivity contribution in [3.8, 4) is 10.6 Å². The number of aliphatic hydroxyl groups is 2. The summed E-state index contributed by atoms with van der Waals surface area (Å²) in [4.78, 5) is 82.1. The van der Waals surface area contributed by atoms with E-state index in [2.05, 4.69) is 25.8 Å². The van der Waals surface area contributed by atoms with E-state index in [4.69, 9.17) is 40.0 Å². The number of nitrogens with zero attached hydrogens (tertiary/aromatic N) is 4. The molecule has 0 unspecified atom stereocenters. The number of aliphatic hydroxyl groups excluding tert-OH is 1. The van der Waals surface area contributed by atoms with E-state index < -0.39 is 101 Å². The van der Waals surface area contributed by atoms with Crippen molar-refractivity contribution < 1.29 is 67.1 Å². The van der Waals surface area contributed by atoms with Crippen LogP contribution in [0.4, 0.5) is 10.2 Å². The first-order chi connectivity index (χ1) is 33.7. The van der Waals surface area contributed by atoms with Crippen LogP contribution < -0.4 is 22.1 Å². The number of nitrogens with one attached hydrogen (secondary N) is 2. The van der Waals surface area contributed by atoms with Crippen LogP contribution in [0.5, 0.6) is 0 Å². The van der Waals surface area contributed by atoms with Gasteiger partial charge in [0.05, 0.1) is 42.8 Å². The van der Waals surface area contributed by atoms with Crippen molar-refractivity contribution in [2.75, 3.05) is 32.6 Å². The maximum Gasteiger partial charge on any atom is 0.351 e. The molecule has 1 fully saturated rings. The number of carbonyl (C=O) groups excluding carboxylic acids is 5. The van der Waals surface area contributed by atoms with Gasteiger partial charge in [0.15, 0.2) is 18.7 Å². The van der Waals surface area contributed by atoms with Gasteiger partial charge < -0.3 is 65.7 Å². The summed E-state index contributed by atoms with van der Waals surface area (Å²) < 4.78 is 49.0. The number of hydrogen-bond donors (Lipinski definition) is 6. The average Bonchev–Trinajstić information content (AvgIpc) is 3.79. The Kier molecular flexibility index (Phi) is 19.7. The lowest BCUT2D eigenvalue weighted by Crippen LogP contribution is -2.61. The van der Waals surface area contributed by atoms with Gasteiger partial charge in [-0.1, -0.05) is 32.9 Å². The summed E-state index contributed by atoms with van der Waals surface area (Å²) in [6.07, 6.45) is -5.16. The number of fused-ring (bicyclic) bond motifs is 4. The van der Waals surface area contributed by atoms with E-state index in [-0.39, 0.29) is 69.4 Å². The lowest BCUT2D eigenvalue weighted by atomic mass is 9.76. The molecule has 1 saturated heterocycles. The zero-order chi connectivity index (χ0) is 53.5. The molecule has 400 valence electrons. The highest BCUT2D eigenvalue weighted by Gasteiger charge is 2.56. The SMILES string of the molecule is CCC(=O)N/C1=C(\C)[C@H]2OCC(=NOCc3ccc(-c4nc(NC(=O)[C@@H](N)CCC(N)=O)cs4)cn3)CO[C@](C)(C[C@H]1C)[C@H](O[C@@H]1O[C@H](C)C[C@H](N(C)C)[C@H]1O)[C@@H](C)C(=O)[C@](C)(F)C(=O)O[C@H](CC)[C@@]2(C)O. The molecular formula is C49H73FN8O13S. The van der Waals surface area contributed by atoms with Crippen LogP contribution in [0.15, 0.2) is 40.1 Å². The highest BCUT2D eigenvalue weighted by Crippen LogP contribution is 2.41. The molecule has 5 rings (SSSR count). The van der Waals surface area contributed by atoms with Gasteiger partial charge in [0.1, 0.15) is 40.5 Å². The number of ketones is 1. The molecule has 3 aliphatic rings. The van der Waals surface area contributed by atoms with Gasteiger partial charge in [0.25, 0.3) is 5.67 Å². The van der Waals surface area contributed by atoms with Crippen molar-refractivity contribution in [3.63, 3.8) is 0 Å². The number of rotatable bonds is 15. The van der Waals surface area contributed by atoms with Gasteiger partial charge in [-0.3, -0.25) is 24.2 Å². The van der Waals surface area contributed by atoms with Crippen LogP contribution in [0.3, 0.4) is 0 Å². The molecule has 0 saturated carbocycles. The van der Waals surface area contributed by atoms with Crippen molar-refractivity contribution in [2.45, 2.75) is 173 Å². The standard InChI is InChI=1S/C49H73FN8O13S/c1-12-34-49(9,65)42-27(5)38(56-37(60)13-2)25(3)19-47(7,41(28(6)40(62)48(8,50)46(64)70-34)71-45-39(61)33(58(10)11)18-26(4)69-45)67-22-31(21-66-42)57-68-23-30-15-14-29(20-53-30)44-55-36(24-72-44)54-43(63)32(51)16-17-35(52)59/h14-15,20,24-26,28,32-34,39,41-42,45,61,65H,12-13,16-19,21-23,51H2,1-11H3,(H2,52,59)(H,54,63)(H,56,60)/b38-27+,57-31?/t25-,26-,28+,32+,33+,34-,39-,41-,42-,45+,47-,48+,49-/m1/s1. The Bertz CT molecular complexity index is 2310. The Balaban J connectivity index is 1.55. The topological polar surface area (TPSA) is 299 Å². The van der Waals surface area contributed by atoms with Crippen molar-refractivity contribution in [1.29, 1.82) is 0 Å². The van der Waals surface area contributed by atoms with Crippen LogP contribution in [-0.2, 0) is 59.1 Å². The summed E-state index contributed by atoms with van der Waals surface area (Å²) >= 11 is 1.26. The number of alkyl halides is 1. The number of aromatic nitrogens is 2. The quantitative estimate of drug-likeness (QED) is 0.0846. The first kappa shape index (κ1) is 58.0. The van der Waals surface area contributed by atoms with Gasteiger partial charge in [0, 0.05) is 47.6 Å². The van der Waals surface area contributed by atoms with Crippen LogP contribution in [0.25, 0.3) is 10.6 Å². The number of carbonyl (C=O) groups is 5.